The molecule has 0 atom stereocenters. The Hall–Kier alpha value is -1.09. The van der Waals surface area contributed by atoms with E-state index in [0.29, 0.717) is 5.15 Å². The lowest BCUT2D eigenvalue weighted by atomic mass is 10.1. The van der Waals surface area contributed by atoms with Gasteiger partial charge in [0.15, 0.2) is 0 Å². The molecule has 0 N–H and O–H groups in total. The van der Waals surface area contributed by atoms with Gasteiger partial charge >= 0.3 is 0 Å². The molecule has 0 aliphatic heterocycles. The topological polar surface area (TPSA) is 30.7 Å². The van der Waals surface area contributed by atoms with Crippen molar-refractivity contribution < 1.29 is 0 Å². The molecule has 0 aromatic carbocycles. The van der Waals surface area contributed by atoms with E-state index >= 15 is 0 Å². The summed E-state index contributed by atoms with van der Waals surface area (Å²) < 4.78 is 2.18. The first kappa shape index (κ1) is 10.4. The van der Waals surface area contributed by atoms with Crippen LogP contribution in [0.1, 0.15) is 26.5 Å². The van der Waals surface area contributed by atoms with Crippen molar-refractivity contribution in [2.24, 2.45) is 0 Å². The number of rotatable bonds is 0. The van der Waals surface area contributed by atoms with Crippen LogP contribution in [0.4, 0.5) is 0 Å². The van der Waals surface area contributed by atoms with Crippen LogP contribution in [-0.4, -0.2) is 14.5 Å². The molecule has 0 fully saturated rings. The van der Waals surface area contributed by atoms with E-state index in [1.807, 2.05) is 6.07 Å². The summed E-state index contributed by atoms with van der Waals surface area (Å²) >= 11 is 6.03. The number of hydrogen-bond acceptors (Lipinski definition) is 2. The van der Waals surface area contributed by atoms with Crippen LogP contribution in [0.15, 0.2) is 12.4 Å². The molecule has 4 heteroatoms. The van der Waals surface area contributed by atoms with E-state index in [1.54, 1.807) is 0 Å². The van der Waals surface area contributed by atoms with Gasteiger partial charge in [-0.2, -0.15) is 0 Å². The van der Waals surface area contributed by atoms with Gasteiger partial charge in [-0.25, -0.2) is 9.97 Å². The largest absolute Gasteiger partial charge is 0.325 e. The second-order valence-corrected chi connectivity index (χ2v) is 5.05. The Labute approximate surface area is 94.1 Å². The lowest BCUT2D eigenvalue weighted by Crippen LogP contribution is -2.23. The van der Waals surface area contributed by atoms with Gasteiger partial charge in [-0.3, -0.25) is 0 Å². The highest BCUT2D eigenvalue weighted by molar-refractivity contribution is 6.33. The van der Waals surface area contributed by atoms with Gasteiger partial charge in [0.25, 0.3) is 0 Å². The normalized spacial score (nSPS) is 12.3. The third-order valence-electron chi connectivity index (χ3n) is 2.40. The fourth-order valence-corrected chi connectivity index (χ4v) is 2.14. The zero-order valence-electron chi connectivity index (χ0n) is 9.37. The van der Waals surface area contributed by atoms with Crippen molar-refractivity contribution >= 4 is 22.6 Å². The molecule has 0 aliphatic rings. The van der Waals surface area contributed by atoms with Crippen molar-refractivity contribution in [2.75, 3.05) is 0 Å². The van der Waals surface area contributed by atoms with Gasteiger partial charge in [0.1, 0.15) is 17.1 Å². The Bertz CT molecular complexity index is 508. The van der Waals surface area contributed by atoms with E-state index in [9.17, 15) is 0 Å². The maximum atomic E-state index is 6.03. The minimum atomic E-state index is 0.00349. The van der Waals surface area contributed by atoms with Crippen LogP contribution in [-0.2, 0) is 5.54 Å². The Kier molecular flexibility index (Phi) is 2.23. The molecule has 2 heterocycles. The highest BCUT2D eigenvalue weighted by Crippen LogP contribution is 2.28. The molecule has 2 rings (SSSR count). The maximum Gasteiger partial charge on any atom is 0.145 e. The van der Waals surface area contributed by atoms with Crippen molar-refractivity contribution in [3.63, 3.8) is 0 Å². The van der Waals surface area contributed by atoms with E-state index < -0.39 is 0 Å². The number of aryl methyl sites for hydroxylation is 1. The summed E-state index contributed by atoms with van der Waals surface area (Å²) in [6.07, 6.45) is 1.51. The molecule has 0 spiro atoms. The molecule has 0 saturated carbocycles. The molecule has 0 amide bonds. The summed E-state index contributed by atoms with van der Waals surface area (Å²) in [5.41, 5.74) is 2.06. The first-order valence-electron chi connectivity index (χ1n) is 4.90. The van der Waals surface area contributed by atoms with Crippen molar-refractivity contribution in [2.45, 2.75) is 33.2 Å². The summed E-state index contributed by atoms with van der Waals surface area (Å²) in [4.78, 5) is 8.28. The molecule has 80 valence electrons. The molecule has 0 radical (unpaired) electrons. The van der Waals surface area contributed by atoms with Crippen LogP contribution in [0.2, 0.25) is 5.15 Å². The highest BCUT2D eigenvalue weighted by atomic mass is 35.5. The molecule has 2 aromatic heterocycles. The van der Waals surface area contributed by atoms with Gasteiger partial charge in [-0.1, -0.05) is 11.6 Å². The average Bonchev–Trinajstić information content (AvgIpc) is 2.41. The summed E-state index contributed by atoms with van der Waals surface area (Å²) in [5, 5.41) is 1.44. The van der Waals surface area contributed by atoms with Gasteiger partial charge in [0.05, 0.1) is 5.39 Å². The predicted octanol–water partition coefficient (Wildman–Crippen LogP) is 3.15. The minimum Gasteiger partial charge on any atom is -0.325 e. The van der Waals surface area contributed by atoms with Gasteiger partial charge in [0.2, 0.25) is 0 Å². The van der Waals surface area contributed by atoms with Crippen LogP contribution < -0.4 is 0 Å². The third kappa shape index (κ3) is 1.61. The van der Waals surface area contributed by atoms with Crippen LogP contribution in [0.3, 0.4) is 0 Å². The summed E-state index contributed by atoms with van der Waals surface area (Å²) in [7, 11) is 0. The van der Waals surface area contributed by atoms with Crippen LogP contribution in [0, 0.1) is 6.92 Å². The van der Waals surface area contributed by atoms with Crippen molar-refractivity contribution in [1.29, 1.82) is 0 Å². The van der Waals surface area contributed by atoms with Crippen molar-refractivity contribution in [3.8, 4) is 0 Å². The molecule has 2 aromatic rings. The van der Waals surface area contributed by atoms with E-state index in [0.717, 1.165) is 16.7 Å². The zero-order chi connectivity index (χ0) is 11.2. The predicted molar refractivity (Wildman–Crippen MR) is 62.3 cm³/mol. The minimum absolute atomic E-state index is 0.00349. The quantitative estimate of drug-likeness (QED) is 0.643. The first-order chi connectivity index (χ1) is 6.91. The SMILES string of the molecule is Cc1cc2c(Cl)ncnc2n1C(C)(C)C. The van der Waals surface area contributed by atoms with Crippen LogP contribution in [0.5, 0.6) is 0 Å². The summed E-state index contributed by atoms with van der Waals surface area (Å²) in [6.45, 7) is 8.50. The van der Waals surface area contributed by atoms with Gasteiger partial charge < -0.3 is 4.57 Å². The highest BCUT2D eigenvalue weighted by Gasteiger charge is 2.20. The van der Waals surface area contributed by atoms with E-state index in [2.05, 4.69) is 42.2 Å². The Balaban J connectivity index is 2.86. The molecular weight excluding hydrogens is 210 g/mol. The monoisotopic (exact) mass is 223 g/mol. The fraction of sp³-hybridized carbons (Fsp3) is 0.455. The molecule has 3 nitrogen and oxygen atoms in total. The Morgan fingerprint density at radius 3 is 2.53 bits per heavy atom. The fourth-order valence-electron chi connectivity index (χ4n) is 1.96. The molecule has 0 aliphatic carbocycles. The molecular formula is C11H14ClN3. The number of nitrogens with zero attached hydrogens (tertiary/aromatic N) is 3. The molecule has 0 bridgehead atoms. The smallest absolute Gasteiger partial charge is 0.145 e. The van der Waals surface area contributed by atoms with E-state index in [-0.39, 0.29) is 5.54 Å². The standard InChI is InChI=1S/C11H14ClN3/c1-7-5-8-9(12)13-6-14-10(8)15(7)11(2,3)4/h5-6H,1-4H3. The first-order valence-corrected chi connectivity index (χ1v) is 5.28. The third-order valence-corrected chi connectivity index (χ3v) is 2.70. The summed E-state index contributed by atoms with van der Waals surface area (Å²) in [5.74, 6) is 0. The van der Waals surface area contributed by atoms with Gasteiger partial charge in [0, 0.05) is 11.2 Å². The maximum absolute atomic E-state index is 6.03. The zero-order valence-corrected chi connectivity index (χ0v) is 10.1. The number of hydrogen-bond donors (Lipinski definition) is 0. The number of halogens is 1. The van der Waals surface area contributed by atoms with Crippen molar-refractivity contribution in [1.82, 2.24) is 14.5 Å². The molecule has 15 heavy (non-hydrogen) atoms. The molecule has 0 unspecified atom stereocenters. The summed E-state index contributed by atoms with van der Waals surface area (Å²) in [6, 6.07) is 2.03. The lowest BCUT2D eigenvalue weighted by molar-refractivity contribution is 0.401. The van der Waals surface area contributed by atoms with Crippen LogP contribution >= 0.6 is 11.6 Å². The number of fused-ring (bicyclic) bond motifs is 1. The van der Waals surface area contributed by atoms with E-state index in [4.69, 9.17) is 11.6 Å². The Morgan fingerprint density at radius 2 is 1.93 bits per heavy atom. The molecule has 0 saturated heterocycles. The average molecular weight is 224 g/mol. The Morgan fingerprint density at radius 1 is 1.27 bits per heavy atom. The number of aromatic nitrogens is 3. The van der Waals surface area contributed by atoms with Gasteiger partial charge in [-0.05, 0) is 33.8 Å². The van der Waals surface area contributed by atoms with E-state index in [1.165, 1.54) is 6.33 Å². The van der Waals surface area contributed by atoms with Crippen LogP contribution in [0.25, 0.3) is 11.0 Å². The second kappa shape index (κ2) is 3.20. The van der Waals surface area contributed by atoms with Crippen molar-refractivity contribution in [3.05, 3.63) is 23.2 Å². The lowest BCUT2D eigenvalue weighted by Gasteiger charge is -2.24. The van der Waals surface area contributed by atoms with Gasteiger partial charge in [-0.15, -0.1) is 0 Å². The second-order valence-electron chi connectivity index (χ2n) is 4.69.